The van der Waals surface area contributed by atoms with Crippen molar-refractivity contribution in [1.29, 1.82) is 5.26 Å². The summed E-state index contributed by atoms with van der Waals surface area (Å²) in [6.45, 7) is 4.93. The third-order valence-electron chi connectivity index (χ3n) is 4.27. The van der Waals surface area contributed by atoms with Gasteiger partial charge >= 0.3 is 0 Å². The van der Waals surface area contributed by atoms with Crippen molar-refractivity contribution in [1.82, 2.24) is 0 Å². The van der Waals surface area contributed by atoms with Crippen LogP contribution in [0.1, 0.15) is 11.1 Å². The van der Waals surface area contributed by atoms with Crippen molar-refractivity contribution < 1.29 is 4.74 Å². The first-order chi connectivity index (χ1) is 12.8. The minimum Gasteiger partial charge on any atom is -0.377 e. The molecule has 3 rings (SSSR count). The first kappa shape index (κ1) is 17.7. The normalized spacial score (nSPS) is 10.3. The molecule has 0 saturated heterocycles. The lowest BCUT2D eigenvalue weighted by molar-refractivity contribution is 0.166. The van der Waals surface area contributed by atoms with Crippen molar-refractivity contribution in [2.45, 2.75) is 6.42 Å². The van der Waals surface area contributed by atoms with Gasteiger partial charge in [0.2, 0.25) is 0 Å². The Labute approximate surface area is 155 Å². The maximum Gasteiger partial charge on any atom is 0.0991 e. The van der Waals surface area contributed by atoms with Crippen LogP contribution in [0.25, 0.3) is 22.3 Å². The topological polar surface area (TPSA) is 33.0 Å². The van der Waals surface area contributed by atoms with Gasteiger partial charge in [-0.1, -0.05) is 66.7 Å². The zero-order chi connectivity index (χ0) is 18.2. The van der Waals surface area contributed by atoms with Crippen LogP contribution < -0.4 is 0 Å². The van der Waals surface area contributed by atoms with E-state index in [9.17, 15) is 5.26 Å². The Bertz CT molecular complexity index is 905. The highest BCUT2D eigenvalue weighted by Gasteiger charge is 2.09. The van der Waals surface area contributed by atoms with Crippen LogP contribution in [0.2, 0.25) is 0 Å². The predicted octanol–water partition coefficient (Wildman–Crippen LogP) is 5.64. The highest BCUT2D eigenvalue weighted by Crippen LogP contribution is 2.33. The first-order valence-corrected chi connectivity index (χ1v) is 8.69. The highest BCUT2D eigenvalue weighted by molar-refractivity contribution is 5.84. The summed E-state index contributed by atoms with van der Waals surface area (Å²) in [5.74, 6) is 0. The van der Waals surface area contributed by atoms with Crippen LogP contribution in [0.3, 0.4) is 0 Å². The Morgan fingerprint density at radius 2 is 1.62 bits per heavy atom. The molecule has 128 valence electrons. The molecule has 3 aromatic carbocycles. The molecule has 0 aromatic heterocycles. The first-order valence-electron chi connectivity index (χ1n) is 8.69. The summed E-state index contributed by atoms with van der Waals surface area (Å²) in [6.07, 6.45) is 2.64. The lowest BCUT2D eigenvalue weighted by atomic mass is 9.92. The molecule has 0 unspecified atom stereocenters. The molecule has 0 aliphatic carbocycles. The number of rotatable bonds is 7. The molecule has 0 heterocycles. The summed E-state index contributed by atoms with van der Waals surface area (Å²) in [5.41, 5.74) is 6.37. The fourth-order valence-corrected chi connectivity index (χ4v) is 2.93. The van der Waals surface area contributed by atoms with Crippen molar-refractivity contribution in [3.8, 4) is 28.3 Å². The summed E-state index contributed by atoms with van der Waals surface area (Å²) in [5, 5.41) is 9.26. The number of nitrogens with zero attached hydrogens (tertiary/aromatic N) is 1. The van der Waals surface area contributed by atoms with Gasteiger partial charge in [-0.25, -0.2) is 0 Å². The van der Waals surface area contributed by atoms with E-state index in [0.29, 0.717) is 18.8 Å². The summed E-state index contributed by atoms with van der Waals surface area (Å²) in [4.78, 5) is 0. The van der Waals surface area contributed by atoms with E-state index in [1.807, 2.05) is 36.4 Å². The van der Waals surface area contributed by atoms with Gasteiger partial charge in [0.15, 0.2) is 0 Å². The van der Waals surface area contributed by atoms with E-state index in [1.54, 1.807) is 6.08 Å². The number of nitriles is 1. The summed E-state index contributed by atoms with van der Waals surface area (Å²) in [6, 6.07) is 26.8. The van der Waals surface area contributed by atoms with Gasteiger partial charge in [0.25, 0.3) is 0 Å². The molecule has 26 heavy (non-hydrogen) atoms. The number of hydrogen-bond acceptors (Lipinski definition) is 2. The zero-order valence-electron chi connectivity index (χ0n) is 14.7. The Hall–Kier alpha value is -3.15. The number of ether oxygens (including phenoxy) is 1. The molecule has 2 nitrogen and oxygen atoms in total. The van der Waals surface area contributed by atoms with Crippen LogP contribution in [0.4, 0.5) is 0 Å². The zero-order valence-corrected chi connectivity index (χ0v) is 14.7. The molecular formula is C24H21NO. The van der Waals surface area contributed by atoms with Gasteiger partial charge in [0.1, 0.15) is 0 Å². The minimum absolute atomic E-state index is 0.587. The van der Waals surface area contributed by atoms with E-state index in [0.717, 1.165) is 28.7 Å². The molecule has 0 N–H and O–H groups in total. The van der Waals surface area contributed by atoms with Crippen molar-refractivity contribution in [3.63, 3.8) is 0 Å². The second-order valence-corrected chi connectivity index (χ2v) is 6.05. The summed E-state index contributed by atoms with van der Waals surface area (Å²) in [7, 11) is 0. The minimum atomic E-state index is 0.587. The van der Waals surface area contributed by atoms with Crippen molar-refractivity contribution >= 4 is 0 Å². The molecule has 0 bridgehead atoms. The molecule has 0 fully saturated rings. The number of benzene rings is 3. The molecule has 0 aliphatic heterocycles. The van der Waals surface area contributed by atoms with E-state index in [-0.39, 0.29) is 0 Å². The molecule has 0 amide bonds. The maximum absolute atomic E-state index is 9.26. The smallest absolute Gasteiger partial charge is 0.0991 e. The Balaban J connectivity index is 1.89. The van der Waals surface area contributed by atoms with Crippen molar-refractivity contribution in [2.75, 3.05) is 13.2 Å². The lowest BCUT2D eigenvalue weighted by Gasteiger charge is -2.12. The number of hydrogen-bond donors (Lipinski definition) is 0. The van der Waals surface area contributed by atoms with Gasteiger partial charge < -0.3 is 4.74 Å². The van der Waals surface area contributed by atoms with Crippen LogP contribution in [0.15, 0.2) is 85.5 Å². The van der Waals surface area contributed by atoms with E-state index >= 15 is 0 Å². The van der Waals surface area contributed by atoms with E-state index in [1.165, 1.54) is 5.56 Å². The van der Waals surface area contributed by atoms with Crippen LogP contribution in [0, 0.1) is 11.3 Å². The quantitative estimate of drug-likeness (QED) is 0.412. The van der Waals surface area contributed by atoms with Gasteiger partial charge in [0, 0.05) is 0 Å². The standard InChI is InChI=1S/C24H21NO/c1-2-15-26-16-14-19-8-11-22(12-9-19)23-13-10-20(18-25)17-24(23)21-6-4-3-5-7-21/h2-13,17H,1,14-16H2. The average Bonchev–Trinajstić information content (AvgIpc) is 2.72. The molecule has 3 aromatic rings. The molecular weight excluding hydrogens is 318 g/mol. The van der Waals surface area contributed by atoms with Gasteiger partial charge in [-0.2, -0.15) is 5.26 Å². The summed E-state index contributed by atoms with van der Waals surface area (Å²) >= 11 is 0. The Morgan fingerprint density at radius 1 is 0.885 bits per heavy atom. The fraction of sp³-hybridized carbons (Fsp3) is 0.125. The second-order valence-electron chi connectivity index (χ2n) is 6.05. The Kier molecular flexibility index (Phi) is 5.98. The molecule has 0 radical (unpaired) electrons. The lowest BCUT2D eigenvalue weighted by Crippen LogP contribution is -1.98. The monoisotopic (exact) mass is 339 g/mol. The molecule has 0 saturated carbocycles. The van der Waals surface area contributed by atoms with Crippen molar-refractivity contribution in [3.05, 3.63) is 96.6 Å². The van der Waals surface area contributed by atoms with E-state index < -0.39 is 0 Å². The van der Waals surface area contributed by atoms with Crippen LogP contribution in [-0.4, -0.2) is 13.2 Å². The van der Waals surface area contributed by atoms with E-state index in [4.69, 9.17) is 4.74 Å². The van der Waals surface area contributed by atoms with Gasteiger partial charge in [-0.15, -0.1) is 6.58 Å². The molecule has 0 atom stereocenters. The van der Waals surface area contributed by atoms with Gasteiger partial charge in [-0.05, 0) is 46.4 Å². The molecule has 0 aliphatic rings. The van der Waals surface area contributed by atoms with Gasteiger partial charge in [-0.3, -0.25) is 0 Å². The summed E-state index contributed by atoms with van der Waals surface area (Å²) < 4.78 is 5.46. The third-order valence-corrected chi connectivity index (χ3v) is 4.27. The second kappa shape index (κ2) is 8.80. The fourth-order valence-electron chi connectivity index (χ4n) is 2.93. The maximum atomic E-state index is 9.26. The van der Waals surface area contributed by atoms with Gasteiger partial charge in [0.05, 0.1) is 24.8 Å². The molecule has 2 heteroatoms. The molecule has 0 spiro atoms. The third kappa shape index (κ3) is 4.27. The van der Waals surface area contributed by atoms with Crippen LogP contribution >= 0.6 is 0 Å². The van der Waals surface area contributed by atoms with E-state index in [2.05, 4.69) is 49.0 Å². The van der Waals surface area contributed by atoms with Crippen LogP contribution in [0.5, 0.6) is 0 Å². The van der Waals surface area contributed by atoms with Crippen molar-refractivity contribution in [2.24, 2.45) is 0 Å². The average molecular weight is 339 g/mol. The SMILES string of the molecule is C=CCOCCc1ccc(-c2ccc(C#N)cc2-c2ccccc2)cc1. The Morgan fingerprint density at radius 3 is 2.31 bits per heavy atom. The largest absolute Gasteiger partial charge is 0.377 e. The highest BCUT2D eigenvalue weighted by atomic mass is 16.5. The van der Waals surface area contributed by atoms with Crippen LogP contribution in [-0.2, 0) is 11.2 Å². The predicted molar refractivity (Wildman–Crippen MR) is 107 cm³/mol.